The molecule has 0 bridgehead atoms. The first kappa shape index (κ1) is 12.6. The standard InChI is InChI=1S/C13H11IN4S/c1-7-6-8-11(17-13(15)18-12(8)19-7)16-10-5-3-2-4-9(10)14/h2-6H,1H3,(H3,15,16,17,18). The minimum atomic E-state index is 0.294. The Balaban J connectivity index is 2.12. The molecule has 0 amide bonds. The molecule has 1 aromatic carbocycles. The number of nitrogens with two attached hydrogens (primary N) is 1. The van der Waals surface area contributed by atoms with Crippen molar-refractivity contribution in [3.8, 4) is 0 Å². The normalized spacial score (nSPS) is 10.8. The Morgan fingerprint density at radius 2 is 2.05 bits per heavy atom. The second-order valence-electron chi connectivity index (χ2n) is 4.11. The lowest BCUT2D eigenvalue weighted by molar-refractivity contribution is 1.24. The summed E-state index contributed by atoms with van der Waals surface area (Å²) >= 11 is 3.91. The lowest BCUT2D eigenvalue weighted by atomic mass is 10.3. The van der Waals surface area contributed by atoms with Crippen LogP contribution in [0.2, 0.25) is 0 Å². The predicted molar refractivity (Wildman–Crippen MR) is 89.0 cm³/mol. The van der Waals surface area contributed by atoms with Crippen molar-refractivity contribution in [2.24, 2.45) is 0 Å². The largest absolute Gasteiger partial charge is 0.368 e. The maximum absolute atomic E-state index is 5.77. The Kier molecular flexibility index (Phi) is 3.28. The summed E-state index contributed by atoms with van der Waals surface area (Å²) in [6.45, 7) is 2.05. The third kappa shape index (κ3) is 2.50. The van der Waals surface area contributed by atoms with Gasteiger partial charge in [0, 0.05) is 8.45 Å². The van der Waals surface area contributed by atoms with Gasteiger partial charge in [0.25, 0.3) is 0 Å². The molecule has 4 nitrogen and oxygen atoms in total. The molecule has 0 aliphatic carbocycles. The maximum atomic E-state index is 5.77. The Hall–Kier alpha value is -1.41. The number of fused-ring (bicyclic) bond motifs is 1. The smallest absolute Gasteiger partial charge is 0.223 e. The summed E-state index contributed by atoms with van der Waals surface area (Å²) in [5, 5.41) is 4.35. The summed E-state index contributed by atoms with van der Waals surface area (Å²) in [4.78, 5) is 10.7. The predicted octanol–water partition coefficient (Wildman–Crippen LogP) is 3.93. The third-order valence-corrected chi connectivity index (χ3v) is 4.55. The number of nitrogens with one attached hydrogen (secondary N) is 1. The number of benzene rings is 1. The lowest BCUT2D eigenvalue weighted by Crippen LogP contribution is -2.01. The van der Waals surface area contributed by atoms with Gasteiger partial charge in [-0.2, -0.15) is 4.98 Å². The highest BCUT2D eigenvalue weighted by Gasteiger charge is 2.10. The topological polar surface area (TPSA) is 63.8 Å². The number of rotatable bonds is 2. The van der Waals surface area contributed by atoms with Crippen LogP contribution in [0.1, 0.15) is 4.88 Å². The number of hydrogen-bond acceptors (Lipinski definition) is 5. The molecule has 0 spiro atoms. The second kappa shape index (κ2) is 4.93. The van der Waals surface area contributed by atoms with Crippen molar-refractivity contribution in [2.75, 3.05) is 11.1 Å². The van der Waals surface area contributed by atoms with E-state index in [-0.39, 0.29) is 0 Å². The van der Waals surface area contributed by atoms with E-state index in [1.165, 1.54) is 4.88 Å². The Morgan fingerprint density at radius 3 is 2.84 bits per heavy atom. The van der Waals surface area contributed by atoms with Crippen LogP contribution in [0.4, 0.5) is 17.5 Å². The van der Waals surface area contributed by atoms with Gasteiger partial charge in [0.2, 0.25) is 5.95 Å². The van der Waals surface area contributed by atoms with Crippen LogP contribution in [0.25, 0.3) is 10.2 Å². The van der Waals surface area contributed by atoms with E-state index in [1.807, 2.05) is 24.3 Å². The van der Waals surface area contributed by atoms with E-state index in [0.717, 1.165) is 25.3 Å². The molecule has 3 N–H and O–H groups in total. The number of nitrogens with zero attached hydrogens (tertiary/aromatic N) is 2. The molecule has 0 saturated carbocycles. The van der Waals surface area contributed by atoms with Crippen molar-refractivity contribution in [3.05, 3.63) is 38.8 Å². The van der Waals surface area contributed by atoms with Gasteiger partial charge >= 0.3 is 0 Å². The van der Waals surface area contributed by atoms with Crippen LogP contribution in [0.15, 0.2) is 30.3 Å². The molecule has 96 valence electrons. The van der Waals surface area contributed by atoms with Gasteiger partial charge in [0.1, 0.15) is 10.6 Å². The average molecular weight is 382 g/mol. The van der Waals surface area contributed by atoms with E-state index >= 15 is 0 Å². The van der Waals surface area contributed by atoms with Crippen molar-refractivity contribution in [1.29, 1.82) is 0 Å². The van der Waals surface area contributed by atoms with E-state index in [9.17, 15) is 0 Å². The Morgan fingerprint density at radius 1 is 1.26 bits per heavy atom. The fraction of sp³-hybridized carbons (Fsp3) is 0.0769. The van der Waals surface area contributed by atoms with E-state index in [2.05, 4.69) is 50.9 Å². The van der Waals surface area contributed by atoms with Crippen molar-refractivity contribution < 1.29 is 0 Å². The van der Waals surface area contributed by atoms with E-state index in [4.69, 9.17) is 5.73 Å². The van der Waals surface area contributed by atoms with Gasteiger partial charge in [-0.3, -0.25) is 0 Å². The number of anilines is 3. The number of nitrogen functional groups attached to an aromatic ring is 1. The molecule has 0 aliphatic rings. The van der Waals surface area contributed by atoms with Gasteiger partial charge < -0.3 is 11.1 Å². The number of aryl methyl sites for hydroxylation is 1. The van der Waals surface area contributed by atoms with Crippen LogP contribution in [0.3, 0.4) is 0 Å². The van der Waals surface area contributed by atoms with Gasteiger partial charge in [0.15, 0.2) is 0 Å². The molecule has 6 heteroatoms. The molecule has 0 saturated heterocycles. The van der Waals surface area contributed by atoms with Gasteiger partial charge in [-0.05, 0) is 47.7 Å². The second-order valence-corrected chi connectivity index (χ2v) is 6.51. The molecule has 2 heterocycles. The molecular formula is C13H11IN4S. The Bertz CT molecular complexity index is 753. The summed E-state index contributed by atoms with van der Waals surface area (Å²) in [6, 6.07) is 10.1. The number of aromatic nitrogens is 2. The summed E-state index contributed by atoms with van der Waals surface area (Å²) in [7, 11) is 0. The zero-order valence-corrected chi connectivity index (χ0v) is 13.1. The zero-order chi connectivity index (χ0) is 13.4. The summed E-state index contributed by atoms with van der Waals surface area (Å²) < 4.78 is 1.14. The molecule has 0 unspecified atom stereocenters. The van der Waals surface area contributed by atoms with E-state index < -0.39 is 0 Å². The minimum absolute atomic E-state index is 0.294. The molecule has 0 atom stereocenters. The van der Waals surface area contributed by atoms with Crippen molar-refractivity contribution in [3.63, 3.8) is 0 Å². The lowest BCUT2D eigenvalue weighted by Gasteiger charge is -2.08. The van der Waals surface area contributed by atoms with E-state index in [0.29, 0.717) is 5.95 Å². The quantitative estimate of drug-likeness (QED) is 0.660. The molecule has 0 aliphatic heterocycles. The number of halogens is 1. The maximum Gasteiger partial charge on any atom is 0.223 e. The first-order valence-corrected chi connectivity index (χ1v) is 7.58. The van der Waals surface area contributed by atoms with Crippen LogP contribution >= 0.6 is 33.9 Å². The Labute approximate surface area is 128 Å². The fourth-order valence-electron chi connectivity index (χ4n) is 1.84. The highest BCUT2D eigenvalue weighted by Crippen LogP contribution is 2.31. The first-order valence-electron chi connectivity index (χ1n) is 5.69. The van der Waals surface area contributed by atoms with Gasteiger partial charge in [-0.15, -0.1) is 11.3 Å². The van der Waals surface area contributed by atoms with Crippen LogP contribution < -0.4 is 11.1 Å². The number of hydrogen-bond donors (Lipinski definition) is 2. The summed E-state index contributed by atoms with van der Waals surface area (Å²) in [5.41, 5.74) is 6.79. The molecule has 0 radical (unpaired) electrons. The SMILES string of the molecule is Cc1cc2c(Nc3ccccc3I)nc(N)nc2s1. The molecule has 3 aromatic rings. The van der Waals surface area contributed by atoms with Crippen molar-refractivity contribution in [1.82, 2.24) is 9.97 Å². The molecule has 0 fully saturated rings. The van der Waals surface area contributed by atoms with Gasteiger partial charge in [-0.1, -0.05) is 12.1 Å². The summed E-state index contributed by atoms with van der Waals surface area (Å²) in [5.74, 6) is 1.05. The first-order chi connectivity index (χ1) is 9.13. The minimum Gasteiger partial charge on any atom is -0.368 e. The number of para-hydroxylation sites is 1. The highest BCUT2D eigenvalue weighted by atomic mass is 127. The fourth-order valence-corrected chi connectivity index (χ4v) is 3.25. The van der Waals surface area contributed by atoms with Crippen LogP contribution in [0, 0.1) is 10.5 Å². The molecule has 3 rings (SSSR count). The zero-order valence-electron chi connectivity index (χ0n) is 10.1. The van der Waals surface area contributed by atoms with Crippen LogP contribution in [0.5, 0.6) is 0 Å². The van der Waals surface area contributed by atoms with Gasteiger partial charge in [-0.25, -0.2) is 4.98 Å². The van der Waals surface area contributed by atoms with Crippen LogP contribution in [-0.4, -0.2) is 9.97 Å². The van der Waals surface area contributed by atoms with Crippen molar-refractivity contribution in [2.45, 2.75) is 6.92 Å². The third-order valence-electron chi connectivity index (χ3n) is 2.66. The summed E-state index contributed by atoms with van der Waals surface area (Å²) in [6.07, 6.45) is 0. The van der Waals surface area contributed by atoms with Crippen LogP contribution in [-0.2, 0) is 0 Å². The highest BCUT2D eigenvalue weighted by molar-refractivity contribution is 14.1. The molecule has 19 heavy (non-hydrogen) atoms. The molecule has 2 aromatic heterocycles. The number of thiophene rings is 1. The van der Waals surface area contributed by atoms with E-state index in [1.54, 1.807) is 11.3 Å². The van der Waals surface area contributed by atoms with Crippen molar-refractivity contribution >= 4 is 61.6 Å². The monoisotopic (exact) mass is 382 g/mol. The average Bonchev–Trinajstić information content (AvgIpc) is 2.72. The van der Waals surface area contributed by atoms with Gasteiger partial charge in [0.05, 0.1) is 11.1 Å². The molecular weight excluding hydrogens is 371 g/mol.